The van der Waals surface area contributed by atoms with Crippen LogP contribution in [0.15, 0.2) is 0 Å². The predicted octanol–water partition coefficient (Wildman–Crippen LogP) is 0.408. The summed E-state index contributed by atoms with van der Waals surface area (Å²) in [7, 11) is 4.23. The Morgan fingerprint density at radius 3 is 2.69 bits per heavy atom. The van der Waals surface area contributed by atoms with Crippen LogP contribution in [0.5, 0.6) is 0 Å². The molecule has 1 aliphatic rings. The van der Waals surface area contributed by atoms with Gasteiger partial charge < -0.3 is 16.0 Å². The van der Waals surface area contributed by atoms with Crippen LogP contribution in [0.1, 0.15) is 25.7 Å². The van der Waals surface area contributed by atoms with E-state index in [0.717, 1.165) is 6.54 Å². The van der Waals surface area contributed by atoms with E-state index in [1.54, 1.807) is 0 Å². The molecule has 3 nitrogen and oxygen atoms in total. The van der Waals surface area contributed by atoms with Crippen molar-refractivity contribution in [1.29, 1.82) is 0 Å². The lowest BCUT2D eigenvalue weighted by atomic mass is 10.2. The van der Waals surface area contributed by atoms with Crippen LogP contribution in [0.25, 0.3) is 0 Å². The molecule has 0 amide bonds. The zero-order valence-corrected chi connectivity index (χ0v) is 8.92. The average molecular weight is 185 g/mol. The number of nitrogens with zero attached hydrogens (tertiary/aromatic N) is 1. The molecule has 3 N–H and O–H groups in total. The Morgan fingerprint density at radius 1 is 1.38 bits per heavy atom. The van der Waals surface area contributed by atoms with Crippen molar-refractivity contribution in [3.63, 3.8) is 0 Å². The van der Waals surface area contributed by atoms with E-state index in [1.165, 1.54) is 32.2 Å². The van der Waals surface area contributed by atoms with Crippen LogP contribution in [0.4, 0.5) is 0 Å². The predicted molar refractivity (Wildman–Crippen MR) is 56.8 cm³/mol. The highest BCUT2D eigenvalue weighted by Crippen LogP contribution is 2.16. The molecule has 1 saturated carbocycles. The molecule has 0 aliphatic heterocycles. The summed E-state index contributed by atoms with van der Waals surface area (Å²) >= 11 is 0. The number of rotatable bonds is 5. The molecular formula is C10H23N3. The van der Waals surface area contributed by atoms with E-state index in [1.807, 2.05) is 0 Å². The van der Waals surface area contributed by atoms with Crippen LogP contribution in [0.2, 0.25) is 0 Å². The van der Waals surface area contributed by atoms with Gasteiger partial charge in [0, 0.05) is 12.1 Å². The van der Waals surface area contributed by atoms with E-state index in [9.17, 15) is 0 Å². The van der Waals surface area contributed by atoms with Gasteiger partial charge in [-0.15, -0.1) is 0 Å². The van der Waals surface area contributed by atoms with Crippen molar-refractivity contribution in [3.05, 3.63) is 0 Å². The molecule has 3 heteroatoms. The van der Waals surface area contributed by atoms with Crippen molar-refractivity contribution in [2.45, 2.75) is 37.8 Å². The van der Waals surface area contributed by atoms with Crippen LogP contribution in [0, 0.1) is 0 Å². The Morgan fingerprint density at radius 2 is 2.15 bits per heavy atom. The SMILES string of the molecule is CN(C)CCCNC1CCC(N)C1. The Kier molecular flexibility index (Phi) is 4.70. The average Bonchev–Trinajstić information content (AvgIpc) is 2.45. The lowest BCUT2D eigenvalue weighted by molar-refractivity contribution is 0.385. The maximum absolute atomic E-state index is 5.83. The summed E-state index contributed by atoms with van der Waals surface area (Å²) in [6.45, 7) is 2.31. The summed E-state index contributed by atoms with van der Waals surface area (Å²) in [4.78, 5) is 2.22. The second-order valence-corrected chi connectivity index (χ2v) is 4.38. The van der Waals surface area contributed by atoms with Gasteiger partial charge in [-0.1, -0.05) is 0 Å². The number of nitrogens with one attached hydrogen (secondary N) is 1. The van der Waals surface area contributed by atoms with Crippen molar-refractivity contribution >= 4 is 0 Å². The fourth-order valence-electron chi connectivity index (χ4n) is 1.90. The Labute approximate surface area is 81.7 Å². The van der Waals surface area contributed by atoms with Gasteiger partial charge in [-0.2, -0.15) is 0 Å². The quantitative estimate of drug-likeness (QED) is 0.610. The molecule has 0 saturated heterocycles. The summed E-state index contributed by atoms with van der Waals surface area (Å²) in [6.07, 6.45) is 4.87. The molecule has 0 radical (unpaired) electrons. The van der Waals surface area contributed by atoms with Crippen molar-refractivity contribution < 1.29 is 0 Å². The van der Waals surface area contributed by atoms with Crippen molar-refractivity contribution in [1.82, 2.24) is 10.2 Å². The third kappa shape index (κ3) is 4.60. The van der Waals surface area contributed by atoms with E-state index in [0.29, 0.717) is 12.1 Å². The molecular weight excluding hydrogens is 162 g/mol. The monoisotopic (exact) mass is 185 g/mol. The van der Waals surface area contributed by atoms with Gasteiger partial charge in [-0.25, -0.2) is 0 Å². The minimum Gasteiger partial charge on any atom is -0.328 e. The highest BCUT2D eigenvalue weighted by Gasteiger charge is 2.20. The van der Waals surface area contributed by atoms with E-state index >= 15 is 0 Å². The first-order valence-electron chi connectivity index (χ1n) is 5.32. The highest BCUT2D eigenvalue weighted by atomic mass is 15.1. The zero-order chi connectivity index (χ0) is 9.68. The molecule has 2 unspecified atom stereocenters. The van der Waals surface area contributed by atoms with Gasteiger partial charge in [0.25, 0.3) is 0 Å². The van der Waals surface area contributed by atoms with Gasteiger partial charge in [-0.05, 0) is 52.9 Å². The molecule has 0 aromatic rings. The smallest absolute Gasteiger partial charge is 0.00823 e. The van der Waals surface area contributed by atoms with Gasteiger partial charge >= 0.3 is 0 Å². The van der Waals surface area contributed by atoms with Crippen LogP contribution >= 0.6 is 0 Å². The summed E-state index contributed by atoms with van der Waals surface area (Å²) in [5.41, 5.74) is 5.83. The summed E-state index contributed by atoms with van der Waals surface area (Å²) in [6, 6.07) is 1.14. The summed E-state index contributed by atoms with van der Waals surface area (Å²) in [5.74, 6) is 0. The first-order valence-corrected chi connectivity index (χ1v) is 5.32. The maximum Gasteiger partial charge on any atom is 0.00823 e. The molecule has 13 heavy (non-hydrogen) atoms. The zero-order valence-electron chi connectivity index (χ0n) is 8.92. The molecule has 0 spiro atoms. The molecule has 1 aliphatic carbocycles. The molecule has 0 bridgehead atoms. The topological polar surface area (TPSA) is 41.3 Å². The Balaban J connectivity index is 1.94. The number of nitrogens with two attached hydrogens (primary N) is 1. The normalized spacial score (nSPS) is 28.6. The molecule has 2 atom stereocenters. The number of hydrogen-bond donors (Lipinski definition) is 2. The van der Waals surface area contributed by atoms with Crippen molar-refractivity contribution in [2.75, 3.05) is 27.2 Å². The van der Waals surface area contributed by atoms with Crippen LogP contribution in [-0.4, -0.2) is 44.2 Å². The third-order valence-corrected chi connectivity index (χ3v) is 2.69. The van der Waals surface area contributed by atoms with Gasteiger partial charge in [0.1, 0.15) is 0 Å². The van der Waals surface area contributed by atoms with Crippen molar-refractivity contribution in [2.24, 2.45) is 5.73 Å². The van der Waals surface area contributed by atoms with E-state index < -0.39 is 0 Å². The van der Waals surface area contributed by atoms with Crippen LogP contribution < -0.4 is 11.1 Å². The van der Waals surface area contributed by atoms with E-state index in [4.69, 9.17) is 5.73 Å². The standard InChI is InChI=1S/C10H23N3/c1-13(2)7-3-6-12-10-5-4-9(11)8-10/h9-10,12H,3-8,11H2,1-2H3. The molecule has 0 heterocycles. The minimum absolute atomic E-state index is 0.450. The lowest BCUT2D eigenvalue weighted by Gasteiger charge is -2.13. The van der Waals surface area contributed by atoms with Gasteiger partial charge in [0.15, 0.2) is 0 Å². The lowest BCUT2D eigenvalue weighted by Crippen LogP contribution is -2.30. The van der Waals surface area contributed by atoms with E-state index in [2.05, 4.69) is 24.3 Å². The van der Waals surface area contributed by atoms with Crippen LogP contribution in [0.3, 0.4) is 0 Å². The highest BCUT2D eigenvalue weighted by molar-refractivity contribution is 4.82. The fourth-order valence-corrected chi connectivity index (χ4v) is 1.90. The largest absolute Gasteiger partial charge is 0.328 e. The van der Waals surface area contributed by atoms with Gasteiger partial charge in [0.2, 0.25) is 0 Å². The minimum atomic E-state index is 0.450. The Hall–Kier alpha value is -0.120. The van der Waals surface area contributed by atoms with Crippen molar-refractivity contribution in [3.8, 4) is 0 Å². The summed E-state index contributed by atoms with van der Waals surface area (Å²) < 4.78 is 0. The first kappa shape index (κ1) is 11.0. The molecule has 78 valence electrons. The van der Waals surface area contributed by atoms with E-state index in [-0.39, 0.29) is 0 Å². The Bertz CT molecular complexity index is 136. The molecule has 0 aromatic carbocycles. The van der Waals surface area contributed by atoms with Gasteiger partial charge in [-0.3, -0.25) is 0 Å². The van der Waals surface area contributed by atoms with Gasteiger partial charge in [0.05, 0.1) is 0 Å². The third-order valence-electron chi connectivity index (χ3n) is 2.69. The first-order chi connectivity index (χ1) is 6.18. The van der Waals surface area contributed by atoms with Crippen LogP contribution in [-0.2, 0) is 0 Å². The fraction of sp³-hybridized carbons (Fsp3) is 1.00. The maximum atomic E-state index is 5.83. The second kappa shape index (κ2) is 5.58. The molecule has 0 aromatic heterocycles. The number of hydrogen-bond acceptors (Lipinski definition) is 3. The molecule has 1 fully saturated rings. The second-order valence-electron chi connectivity index (χ2n) is 4.38. The summed E-state index contributed by atoms with van der Waals surface area (Å²) in [5, 5.41) is 3.56. The molecule has 1 rings (SSSR count).